The molecule has 0 saturated heterocycles. The molecule has 546 valence electrons. The Labute approximate surface area is 563 Å². The van der Waals surface area contributed by atoms with E-state index in [1.807, 2.05) is 48.5 Å². The molecule has 3 N–H and O–H groups in total. The fourth-order valence-corrected chi connectivity index (χ4v) is 7.94. The molecule has 28 nitrogen and oxygen atoms in total. The number of anilines is 1. The van der Waals surface area contributed by atoms with E-state index in [1.54, 1.807) is 4.90 Å². The highest BCUT2D eigenvalue weighted by atomic mass is 16.6. The second-order valence-corrected chi connectivity index (χ2v) is 20.1. The number of fused-ring (bicyclic) bond motifs is 2. The summed E-state index contributed by atoms with van der Waals surface area (Å²) in [4.78, 5) is 27.6. The number of hydrogen-bond donors (Lipinski definition) is 2. The van der Waals surface area contributed by atoms with Crippen molar-refractivity contribution >= 4 is 17.5 Å². The molecule has 0 saturated carbocycles. The van der Waals surface area contributed by atoms with Crippen LogP contribution in [0.5, 0.6) is 0 Å². The molecule has 95 heavy (non-hydrogen) atoms. The van der Waals surface area contributed by atoms with E-state index < -0.39 is 0 Å². The van der Waals surface area contributed by atoms with Crippen molar-refractivity contribution in [2.45, 2.75) is 19.4 Å². The van der Waals surface area contributed by atoms with Crippen molar-refractivity contribution in [2.75, 3.05) is 322 Å². The van der Waals surface area contributed by atoms with Crippen molar-refractivity contribution in [3.8, 4) is 11.8 Å². The molecule has 0 spiro atoms. The standard InChI is InChI=1S/C67H113N3O25/c68-13-15-73-17-19-75-21-23-77-25-27-79-29-31-81-33-35-83-37-39-85-41-43-87-45-47-89-49-51-91-53-55-93-57-59-95-60-58-94-56-54-92-52-50-90-48-46-88-44-42-86-40-38-84-36-34-82-32-30-80-28-26-78-24-22-76-20-18-74-16-14-69-66(71)11-12-67(72)70-61-64-7-2-1-5-62(64)9-10-63-6-3-4-8-65(63)70/h1-8H,11-61,68H2,(H,69,71). The van der Waals surface area contributed by atoms with E-state index >= 15 is 0 Å². The molecule has 2 amide bonds. The van der Waals surface area contributed by atoms with Gasteiger partial charge < -0.3 is 125 Å². The molecule has 0 unspecified atom stereocenters. The molecule has 1 aliphatic rings. The third-order valence-corrected chi connectivity index (χ3v) is 12.8. The first-order valence-corrected chi connectivity index (χ1v) is 33.4. The van der Waals surface area contributed by atoms with Crippen molar-refractivity contribution in [3.05, 3.63) is 65.2 Å². The minimum atomic E-state index is -0.207. The Morgan fingerprint density at radius 3 is 0.821 bits per heavy atom. The number of carbonyl (C=O) groups is 2. The van der Waals surface area contributed by atoms with Gasteiger partial charge in [-0.2, -0.15) is 0 Å². The van der Waals surface area contributed by atoms with Gasteiger partial charge in [0.25, 0.3) is 0 Å². The lowest BCUT2D eigenvalue weighted by Gasteiger charge is -2.26. The zero-order valence-corrected chi connectivity index (χ0v) is 56.4. The Balaban J connectivity index is 0.871. The first-order valence-electron chi connectivity index (χ1n) is 33.4. The molecule has 0 aromatic heterocycles. The molecule has 2 aromatic rings. The van der Waals surface area contributed by atoms with Crippen LogP contribution in [0.15, 0.2) is 48.5 Å². The van der Waals surface area contributed by atoms with Gasteiger partial charge in [0.2, 0.25) is 11.8 Å². The number of ether oxygens (including phenoxy) is 23. The zero-order valence-electron chi connectivity index (χ0n) is 56.4. The summed E-state index contributed by atoms with van der Waals surface area (Å²) in [7, 11) is 0. The Morgan fingerprint density at radius 1 is 0.305 bits per heavy atom. The maximum Gasteiger partial charge on any atom is 0.227 e. The van der Waals surface area contributed by atoms with Crippen LogP contribution in [0, 0.1) is 11.8 Å². The molecule has 0 aliphatic carbocycles. The Kier molecular flexibility index (Phi) is 61.4. The number of amides is 2. The van der Waals surface area contributed by atoms with E-state index in [2.05, 4.69) is 17.2 Å². The minimum absolute atomic E-state index is 0.0784. The van der Waals surface area contributed by atoms with Crippen LogP contribution in [-0.2, 0) is 125 Å². The van der Waals surface area contributed by atoms with Gasteiger partial charge in [0.15, 0.2) is 0 Å². The van der Waals surface area contributed by atoms with Crippen LogP contribution in [0.25, 0.3) is 0 Å². The SMILES string of the molecule is NCCOCCOCCOCCOCCOCCOCCOCCOCCOCCOCCOCCOCCOCCOCCOCCOCCOCCOCCOCCOCCOCCOCCOCCNC(=O)CCC(=O)N1Cc2ccccc2C#Cc2ccccc21. The summed E-state index contributed by atoms with van der Waals surface area (Å²) in [5.74, 6) is 6.07. The lowest BCUT2D eigenvalue weighted by molar-refractivity contribution is -0.125. The summed E-state index contributed by atoms with van der Waals surface area (Å²) in [6.45, 7) is 23.2. The Morgan fingerprint density at radius 2 is 0.537 bits per heavy atom. The highest BCUT2D eigenvalue weighted by Gasteiger charge is 2.22. The number of para-hydroxylation sites is 1. The Bertz CT molecular complexity index is 2080. The minimum Gasteiger partial charge on any atom is -0.378 e. The summed E-state index contributed by atoms with van der Waals surface area (Å²) >= 11 is 0. The first-order chi connectivity index (χ1) is 47.2. The van der Waals surface area contributed by atoms with Crippen LogP contribution in [0.4, 0.5) is 5.69 Å². The van der Waals surface area contributed by atoms with Crippen LogP contribution in [0.1, 0.15) is 29.5 Å². The highest BCUT2D eigenvalue weighted by molar-refractivity contribution is 5.96. The summed E-state index contributed by atoms with van der Waals surface area (Å²) in [6.07, 6.45) is 0.159. The lowest BCUT2D eigenvalue weighted by Crippen LogP contribution is -2.34. The number of nitrogens with two attached hydrogens (primary N) is 1. The van der Waals surface area contributed by atoms with E-state index in [0.29, 0.717) is 324 Å². The smallest absolute Gasteiger partial charge is 0.227 e. The third kappa shape index (κ3) is 54.6. The molecule has 1 aliphatic heterocycles. The van der Waals surface area contributed by atoms with E-state index in [9.17, 15) is 9.59 Å². The van der Waals surface area contributed by atoms with Gasteiger partial charge in [-0.05, 0) is 23.8 Å². The molecule has 0 radical (unpaired) electrons. The second kappa shape index (κ2) is 68.5. The van der Waals surface area contributed by atoms with E-state index in [1.165, 1.54) is 0 Å². The van der Waals surface area contributed by atoms with Crippen molar-refractivity contribution in [1.82, 2.24) is 5.32 Å². The van der Waals surface area contributed by atoms with Gasteiger partial charge in [-0.25, -0.2) is 0 Å². The molecule has 2 aromatic carbocycles. The van der Waals surface area contributed by atoms with Crippen LogP contribution in [0.3, 0.4) is 0 Å². The Hall–Kier alpha value is -4.02. The van der Waals surface area contributed by atoms with Crippen LogP contribution >= 0.6 is 0 Å². The van der Waals surface area contributed by atoms with Gasteiger partial charge in [0.1, 0.15) is 0 Å². The fourth-order valence-electron chi connectivity index (χ4n) is 7.94. The quantitative estimate of drug-likeness (QED) is 0.0709. The highest BCUT2D eigenvalue weighted by Crippen LogP contribution is 2.26. The van der Waals surface area contributed by atoms with Crippen molar-refractivity contribution in [2.24, 2.45) is 5.73 Å². The van der Waals surface area contributed by atoms with Crippen LogP contribution < -0.4 is 16.0 Å². The van der Waals surface area contributed by atoms with Gasteiger partial charge in [-0.15, -0.1) is 0 Å². The largest absolute Gasteiger partial charge is 0.378 e. The van der Waals surface area contributed by atoms with E-state index in [0.717, 1.165) is 22.4 Å². The van der Waals surface area contributed by atoms with Gasteiger partial charge >= 0.3 is 0 Å². The monoisotopic (exact) mass is 1360 g/mol. The van der Waals surface area contributed by atoms with Crippen LogP contribution in [-0.4, -0.2) is 329 Å². The summed E-state index contributed by atoms with van der Waals surface area (Å²) in [5, 5.41) is 2.82. The molecular formula is C67H113N3O25. The summed E-state index contributed by atoms with van der Waals surface area (Å²) in [5.41, 5.74) is 8.74. The third-order valence-electron chi connectivity index (χ3n) is 12.8. The number of nitrogens with one attached hydrogen (secondary N) is 1. The average Bonchev–Trinajstić information content (AvgIpc) is 0.830. The van der Waals surface area contributed by atoms with Gasteiger partial charge in [-0.1, -0.05) is 42.2 Å². The fraction of sp³-hybridized carbons (Fsp3) is 0.761. The maximum atomic E-state index is 13.3. The molecule has 3 rings (SSSR count). The van der Waals surface area contributed by atoms with Crippen molar-refractivity contribution < 1.29 is 119 Å². The number of rotatable bonds is 74. The molecule has 0 fully saturated rings. The van der Waals surface area contributed by atoms with Gasteiger partial charge in [0, 0.05) is 37.1 Å². The number of carbonyl (C=O) groups excluding carboxylic acids is 2. The predicted octanol–water partition coefficient (Wildman–Crippen LogP) is 2.17. The number of benzene rings is 2. The molecule has 28 heteroatoms. The van der Waals surface area contributed by atoms with Crippen LogP contribution in [0.2, 0.25) is 0 Å². The van der Waals surface area contributed by atoms with E-state index in [-0.39, 0.29) is 24.7 Å². The molecule has 1 heterocycles. The van der Waals surface area contributed by atoms with E-state index in [4.69, 9.17) is 115 Å². The second-order valence-electron chi connectivity index (χ2n) is 20.1. The normalized spacial score (nSPS) is 12.0. The van der Waals surface area contributed by atoms with Crippen molar-refractivity contribution in [3.63, 3.8) is 0 Å². The van der Waals surface area contributed by atoms with Crippen molar-refractivity contribution in [1.29, 1.82) is 0 Å². The number of nitrogens with zero attached hydrogens (tertiary/aromatic N) is 1. The predicted molar refractivity (Wildman–Crippen MR) is 350 cm³/mol. The molecular weight excluding hydrogens is 1250 g/mol. The van der Waals surface area contributed by atoms with Gasteiger partial charge in [0.05, 0.1) is 316 Å². The zero-order chi connectivity index (χ0) is 67.1. The molecule has 0 bridgehead atoms. The topological polar surface area (TPSA) is 288 Å². The number of hydrogen-bond acceptors (Lipinski definition) is 26. The summed E-state index contributed by atoms with van der Waals surface area (Å²) < 4.78 is 127. The maximum absolute atomic E-state index is 13.3. The first kappa shape index (κ1) is 85.2. The average molecular weight is 1360 g/mol. The molecule has 0 atom stereocenters. The summed E-state index contributed by atoms with van der Waals surface area (Å²) in [6, 6.07) is 15.4. The van der Waals surface area contributed by atoms with Gasteiger partial charge in [-0.3, -0.25) is 9.59 Å². The lowest BCUT2D eigenvalue weighted by atomic mass is 10.0.